The molecule has 112 valence electrons. The van der Waals surface area contributed by atoms with Crippen molar-refractivity contribution in [1.29, 1.82) is 0 Å². The molecule has 1 aromatic carbocycles. The summed E-state index contributed by atoms with van der Waals surface area (Å²) in [5.41, 5.74) is 8.14. The van der Waals surface area contributed by atoms with Crippen molar-refractivity contribution in [2.45, 2.75) is 44.4 Å². The number of aryl methyl sites for hydroxylation is 1. The van der Waals surface area contributed by atoms with Crippen molar-refractivity contribution < 1.29 is 4.79 Å². The molecule has 0 aromatic heterocycles. The van der Waals surface area contributed by atoms with Crippen molar-refractivity contribution >= 4 is 18.3 Å². The fourth-order valence-electron chi connectivity index (χ4n) is 3.11. The monoisotopic (exact) mass is 296 g/mol. The van der Waals surface area contributed by atoms with Crippen LogP contribution in [0, 0.1) is 6.92 Å². The Bertz CT molecular complexity index is 442. The lowest BCUT2D eigenvalue weighted by molar-refractivity contribution is -0.120. The Balaban J connectivity index is 0.00000200. The van der Waals surface area contributed by atoms with Crippen LogP contribution in [0.2, 0.25) is 0 Å². The highest BCUT2D eigenvalue weighted by Crippen LogP contribution is 2.39. The molecule has 1 aliphatic carbocycles. The summed E-state index contributed by atoms with van der Waals surface area (Å²) in [4.78, 5) is 11.5. The third-order valence-corrected chi connectivity index (χ3v) is 4.25. The second-order valence-electron chi connectivity index (χ2n) is 5.69. The maximum absolute atomic E-state index is 11.5. The van der Waals surface area contributed by atoms with Gasteiger partial charge < -0.3 is 11.1 Å². The van der Waals surface area contributed by atoms with Gasteiger partial charge in [-0.25, -0.2) is 0 Å². The molecule has 1 saturated carbocycles. The number of rotatable bonds is 4. The van der Waals surface area contributed by atoms with E-state index in [4.69, 9.17) is 5.73 Å². The summed E-state index contributed by atoms with van der Waals surface area (Å²) in [7, 11) is 0. The Morgan fingerprint density at radius 3 is 2.60 bits per heavy atom. The Labute approximate surface area is 127 Å². The molecular formula is C16H25ClN2O. The Morgan fingerprint density at radius 2 is 2.00 bits per heavy atom. The predicted octanol–water partition coefficient (Wildman–Crippen LogP) is 2.69. The van der Waals surface area contributed by atoms with Gasteiger partial charge in [-0.1, -0.05) is 49.1 Å². The van der Waals surface area contributed by atoms with Gasteiger partial charge in [-0.05, 0) is 25.3 Å². The van der Waals surface area contributed by atoms with E-state index < -0.39 is 0 Å². The topological polar surface area (TPSA) is 55.1 Å². The molecule has 1 amide bonds. The van der Waals surface area contributed by atoms with Crippen LogP contribution in [0.25, 0.3) is 0 Å². The van der Waals surface area contributed by atoms with Gasteiger partial charge in [0.25, 0.3) is 0 Å². The van der Waals surface area contributed by atoms with Crippen LogP contribution in [0.1, 0.15) is 43.2 Å². The van der Waals surface area contributed by atoms with Crippen LogP contribution in [-0.2, 0) is 10.2 Å². The highest BCUT2D eigenvalue weighted by Gasteiger charge is 2.34. The third kappa shape index (κ3) is 3.97. The average molecular weight is 297 g/mol. The molecule has 0 unspecified atom stereocenters. The van der Waals surface area contributed by atoms with Gasteiger partial charge in [-0.15, -0.1) is 12.4 Å². The molecule has 0 bridgehead atoms. The maximum Gasteiger partial charge on any atom is 0.233 e. The van der Waals surface area contributed by atoms with E-state index in [0.717, 1.165) is 12.8 Å². The lowest BCUT2D eigenvalue weighted by Gasteiger charge is -2.38. The van der Waals surface area contributed by atoms with Gasteiger partial charge in [-0.2, -0.15) is 0 Å². The van der Waals surface area contributed by atoms with Crippen molar-refractivity contribution in [3.8, 4) is 0 Å². The number of carbonyl (C=O) groups excluding carboxylic acids is 1. The highest BCUT2D eigenvalue weighted by molar-refractivity contribution is 5.85. The van der Waals surface area contributed by atoms with Crippen molar-refractivity contribution in [2.24, 2.45) is 5.73 Å². The molecule has 20 heavy (non-hydrogen) atoms. The smallest absolute Gasteiger partial charge is 0.233 e. The summed E-state index contributed by atoms with van der Waals surface area (Å²) >= 11 is 0. The standard InChI is InChI=1S/C16H24N2O.ClH/c1-13-6-5-7-14(10-13)16(8-3-2-4-9-16)12-18-15(19)11-17;/h5-7,10H,2-4,8-9,11-12,17H2,1H3,(H,18,19);1H. The summed E-state index contributed by atoms with van der Waals surface area (Å²) in [6.45, 7) is 2.91. The minimum absolute atomic E-state index is 0. The summed E-state index contributed by atoms with van der Waals surface area (Å²) in [6, 6.07) is 8.71. The normalized spacial score (nSPS) is 17.1. The van der Waals surface area contributed by atoms with Crippen molar-refractivity contribution in [2.75, 3.05) is 13.1 Å². The molecule has 2 rings (SSSR count). The molecule has 3 N–H and O–H groups in total. The van der Waals surface area contributed by atoms with Gasteiger partial charge in [0.05, 0.1) is 6.54 Å². The van der Waals surface area contributed by atoms with Gasteiger partial charge >= 0.3 is 0 Å². The van der Waals surface area contributed by atoms with E-state index in [1.807, 2.05) is 0 Å². The van der Waals surface area contributed by atoms with Crippen LogP contribution in [0.5, 0.6) is 0 Å². The van der Waals surface area contributed by atoms with Crippen LogP contribution in [0.15, 0.2) is 24.3 Å². The molecule has 1 aromatic rings. The number of hydrogen-bond donors (Lipinski definition) is 2. The van der Waals surface area contributed by atoms with Gasteiger partial charge in [0.15, 0.2) is 0 Å². The van der Waals surface area contributed by atoms with E-state index in [1.54, 1.807) is 0 Å². The van der Waals surface area contributed by atoms with Crippen LogP contribution in [0.3, 0.4) is 0 Å². The summed E-state index contributed by atoms with van der Waals surface area (Å²) < 4.78 is 0. The fourth-order valence-corrected chi connectivity index (χ4v) is 3.11. The number of nitrogens with two attached hydrogens (primary N) is 1. The van der Waals surface area contributed by atoms with Crippen molar-refractivity contribution in [3.63, 3.8) is 0 Å². The highest BCUT2D eigenvalue weighted by atomic mass is 35.5. The second kappa shape index (κ2) is 7.65. The first-order chi connectivity index (χ1) is 9.16. The van der Waals surface area contributed by atoms with Gasteiger partial charge in [0.1, 0.15) is 0 Å². The zero-order valence-corrected chi connectivity index (χ0v) is 13.0. The zero-order chi connectivity index (χ0) is 13.7. The van der Waals surface area contributed by atoms with Crippen LogP contribution in [0.4, 0.5) is 0 Å². The molecule has 0 atom stereocenters. The number of nitrogens with one attached hydrogen (secondary N) is 1. The number of benzene rings is 1. The molecule has 0 heterocycles. The molecule has 1 fully saturated rings. The largest absolute Gasteiger partial charge is 0.354 e. The van der Waals surface area contributed by atoms with Crippen LogP contribution >= 0.6 is 12.4 Å². The maximum atomic E-state index is 11.5. The first-order valence-electron chi connectivity index (χ1n) is 7.20. The molecule has 0 spiro atoms. The van der Waals surface area contributed by atoms with Crippen LogP contribution < -0.4 is 11.1 Å². The minimum Gasteiger partial charge on any atom is -0.354 e. The Kier molecular flexibility index (Phi) is 6.50. The van der Waals surface area contributed by atoms with Crippen molar-refractivity contribution in [1.82, 2.24) is 5.32 Å². The van der Waals surface area contributed by atoms with E-state index >= 15 is 0 Å². The van der Waals surface area contributed by atoms with Gasteiger partial charge in [0, 0.05) is 12.0 Å². The SMILES string of the molecule is Cc1cccc(C2(CNC(=O)CN)CCCCC2)c1.Cl. The molecule has 0 aliphatic heterocycles. The second-order valence-corrected chi connectivity index (χ2v) is 5.69. The lowest BCUT2D eigenvalue weighted by atomic mass is 9.69. The summed E-state index contributed by atoms with van der Waals surface area (Å²) in [6.07, 6.45) is 6.10. The predicted molar refractivity (Wildman–Crippen MR) is 85.3 cm³/mol. The first-order valence-corrected chi connectivity index (χ1v) is 7.20. The third-order valence-electron chi connectivity index (χ3n) is 4.25. The zero-order valence-electron chi connectivity index (χ0n) is 12.2. The molecule has 0 saturated heterocycles. The number of hydrogen-bond acceptors (Lipinski definition) is 2. The van der Waals surface area contributed by atoms with E-state index in [1.165, 1.54) is 30.4 Å². The van der Waals surface area contributed by atoms with Crippen LogP contribution in [-0.4, -0.2) is 19.0 Å². The fraction of sp³-hybridized carbons (Fsp3) is 0.562. The van der Waals surface area contributed by atoms with E-state index in [9.17, 15) is 4.79 Å². The van der Waals surface area contributed by atoms with Gasteiger partial charge in [-0.3, -0.25) is 4.79 Å². The van der Waals surface area contributed by atoms with E-state index in [2.05, 4.69) is 36.5 Å². The molecule has 3 nitrogen and oxygen atoms in total. The average Bonchev–Trinajstić information content (AvgIpc) is 2.46. The van der Waals surface area contributed by atoms with Crippen molar-refractivity contribution in [3.05, 3.63) is 35.4 Å². The molecule has 1 aliphatic rings. The summed E-state index contributed by atoms with van der Waals surface area (Å²) in [5.74, 6) is -0.0578. The number of carbonyl (C=O) groups is 1. The summed E-state index contributed by atoms with van der Waals surface area (Å²) in [5, 5.41) is 3.00. The van der Waals surface area contributed by atoms with E-state index in [-0.39, 0.29) is 30.3 Å². The number of halogens is 1. The first kappa shape index (κ1) is 17.0. The Hall–Kier alpha value is -1.06. The molecule has 4 heteroatoms. The quantitative estimate of drug-likeness (QED) is 0.897. The minimum atomic E-state index is -0.0578. The number of amides is 1. The Morgan fingerprint density at radius 1 is 1.30 bits per heavy atom. The molecule has 0 radical (unpaired) electrons. The van der Waals surface area contributed by atoms with Gasteiger partial charge in [0.2, 0.25) is 5.91 Å². The van der Waals surface area contributed by atoms with E-state index in [0.29, 0.717) is 6.54 Å². The lowest BCUT2D eigenvalue weighted by Crippen LogP contribution is -2.44. The molecular weight excluding hydrogens is 272 g/mol.